The molecule has 104 valence electrons. The number of nitrogens with zero attached hydrogens (tertiary/aromatic N) is 2. The smallest absolute Gasteiger partial charge is 0.427 e. The molecule has 0 unspecified atom stereocenters. The van der Waals surface area contributed by atoms with E-state index in [0.29, 0.717) is 16.9 Å². The molecule has 3 aromatic rings. The van der Waals surface area contributed by atoms with Gasteiger partial charge in [-0.1, -0.05) is 42.5 Å². The summed E-state index contributed by atoms with van der Waals surface area (Å²) in [6, 6.07) is 15.7. The summed E-state index contributed by atoms with van der Waals surface area (Å²) in [7, 11) is 0. The molecule has 2 aromatic carbocycles. The highest BCUT2D eigenvalue weighted by Gasteiger charge is 2.15. The van der Waals surface area contributed by atoms with Crippen LogP contribution in [-0.4, -0.2) is 11.2 Å². The van der Waals surface area contributed by atoms with Crippen LogP contribution < -0.4 is 15.4 Å². The molecule has 0 radical (unpaired) electrons. The van der Waals surface area contributed by atoms with E-state index in [2.05, 4.69) is 14.8 Å². The number of nitrogens with one attached hydrogen (secondary N) is 1. The number of para-hydroxylation sites is 2. The van der Waals surface area contributed by atoms with Crippen LogP contribution in [0.1, 0.15) is 5.56 Å². The number of hydrogen-bond acceptors (Lipinski definition) is 4. The van der Waals surface area contributed by atoms with Gasteiger partial charge in [-0.3, -0.25) is 9.52 Å². The van der Waals surface area contributed by atoms with Gasteiger partial charge in [-0.2, -0.15) is 0 Å². The van der Waals surface area contributed by atoms with Gasteiger partial charge in [-0.25, -0.2) is 4.79 Å². The summed E-state index contributed by atoms with van der Waals surface area (Å²) >= 11 is 0. The van der Waals surface area contributed by atoms with Gasteiger partial charge in [0.05, 0.1) is 0 Å². The number of aliphatic imine (C=N–C) groups is 1. The van der Waals surface area contributed by atoms with Gasteiger partial charge in [0, 0.05) is 6.07 Å². The quantitative estimate of drug-likeness (QED) is 0.435. The summed E-state index contributed by atoms with van der Waals surface area (Å²) in [5, 5.41) is 14.6. The highest BCUT2D eigenvalue weighted by Crippen LogP contribution is 2.18. The molecule has 0 aliphatic carbocycles. The van der Waals surface area contributed by atoms with E-state index >= 15 is 0 Å². The zero-order valence-electron chi connectivity index (χ0n) is 10.9. The molecule has 1 aromatic heterocycles. The van der Waals surface area contributed by atoms with Gasteiger partial charge in [0.25, 0.3) is 11.9 Å². The highest BCUT2D eigenvalue weighted by molar-refractivity contribution is 5.92. The fourth-order valence-corrected chi connectivity index (χ4v) is 1.89. The molecule has 21 heavy (non-hydrogen) atoms. The van der Waals surface area contributed by atoms with Crippen molar-refractivity contribution in [1.82, 2.24) is 5.27 Å². The maximum Gasteiger partial charge on any atom is 0.427 e. The van der Waals surface area contributed by atoms with E-state index in [1.54, 1.807) is 48.5 Å². The standard InChI is InChI=1S/C15H11N3O3/c19-14-10-18(17-21-14)13-9-5-4-8-12(13)16-15(20)11-6-2-1-3-7-11/h1-10H,(H-,16,17,19,20). The second-order valence-corrected chi connectivity index (χ2v) is 4.28. The minimum absolute atomic E-state index is 0.352. The summed E-state index contributed by atoms with van der Waals surface area (Å²) in [4.78, 5) is 15.2. The van der Waals surface area contributed by atoms with Crippen LogP contribution in [0.2, 0.25) is 0 Å². The predicted molar refractivity (Wildman–Crippen MR) is 73.5 cm³/mol. The first-order chi connectivity index (χ1) is 10.2. The van der Waals surface area contributed by atoms with Gasteiger partial charge < -0.3 is 5.11 Å². The molecule has 0 aliphatic rings. The lowest BCUT2D eigenvalue weighted by molar-refractivity contribution is -0.669. The molecule has 6 nitrogen and oxygen atoms in total. The Morgan fingerprint density at radius 2 is 1.81 bits per heavy atom. The largest absolute Gasteiger partial charge is 0.858 e. The molecule has 0 amide bonds. The maximum absolute atomic E-state index is 12.1. The zero-order chi connectivity index (χ0) is 14.7. The lowest BCUT2D eigenvalue weighted by Gasteiger charge is -2.10. The fraction of sp³-hybridized carbons (Fsp3) is 0. The van der Waals surface area contributed by atoms with Gasteiger partial charge in [0.2, 0.25) is 0 Å². The Labute approximate surface area is 119 Å². The molecule has 3 rings (SSSR count). The lowest BCUT2D eigenvalue weighted by Crippen LogP contribution is -2.32. The van der Waals surface area contributed by atoms with Crippen LogP contribution in [0.3, 0.4) is 0 Å². The SMILES string of the molecule is O=c1c[n+](-c2ccccc2N=C([O-])c2ccccc2)[nH]o1. The number of H-pyrrole nitrogens is 1. The average Bonchev–Trinajstić information content (AvgIpc) is 2.95. The normalized spacial score (nSPS) is 11.5. The number of benzene rings is 2. The number of aromatic amines is 1. The topological polar surface area (TPSA) is 85.3 Å². The van der Waals surface area contributed by atoms with E-state index in [4.69, 9.17) is 0 Å². The molecular weight excluding hydrogens is 270 g/mol. The summed E-state index contributed by atoms with van der Waals surface area (Å²) in [6.07, 6.45) is 1.24. The zero-order valence-corrected chi connectivity index (χ0v) is 10.9. The molecule has 1 heterocycles. The van der Waals surface area contributed by atoms with E-state index in [9.17, 15) is 9.90 Å². The summed E-state index contributed by atoms with van der Waals surface area (Å²) < 4.78 is 5.99. The van der Waals surface area contributed by atoms with Crippen molar-refractivity contribution in [3.8, 4) is 5.69 Å². The first-order valence-corrected chi connectivity index (χ1v) is 6.25. The molecule has 0 aliphatic heterocycles. The minimum atomic E-state index is -0.515. The van der Waals surface area contributed by atoms with Crippen molar-refractivity contribution in [2.45, 2.75) is 0 Å². The van der Waals surface area contributed by atoms with Crippen LogP contribution in [0, 0.1) is 0 Å². The molecule has 0 saturated heterocycles. The van der Waals surface area contributed by atoms with Crippen LogP contribution in [0.25, 0.3) is 5.69 Å². The van der Waals surface area contributed by atoms with Crippen LogP contribution in [-0.2, 0) is 0 Å². The van der Waals surface area contributed by atoms with Gasteiger partial charge in [-0.15, -0.1) is 0 Å². The third-order valence-corrected chi connectivity index (χ3v) is 2.86. The Morgan fingerprint density at radius 1 is 1.10 bits per heavy atom. The van der Waals surface area contributed by atoms with Gasteiger partial charge >= 0.3 is 5.63 Å². The third kappa shape index (κ3) is 2.74. The van der Waals surface area contributed by atoms with E-state index in [0.717, 1.165) is 0 Å². The Balaban J connectivity index is 2.06. The first kappa shape index (κ1) is 12.9. The Hall–Kier alpha value is -3.15. The van der Waals surface area contributed by atoms with Crippen molar-refractivity contribution in [2.75, 3.05) is 0 Å². The first-order valence-electron chi connectivity index (χ1n) is 6.25. The maximum atomic E-state index is 12.1. The molecule has 0 saturated carbocycles. The average molecular weight is 281 g/mol. The summed E-state index contributed by atoms with van der Waals surface area (Å²) in [5.74, 6) is -0.352. The van der Waals surface area contributed by atoms with Gasteiger partial charge in [0.15, 0.2) is 0 Å². The Kier molecular flexibility index (Phi) is 3.34. The highest BCUT2D eigenvalue weighted by atomic mass is 16.5. The van der Waals surface area contributed by atoms with E-state index in [1.165, 1.54) is 10.9 Å². The van der Waals surface area contributed by atoms with E-state index in [-0.39, 0.29) is 5.90 Å². The van der Waals surface area contributed by atoms with E-state index < -0.39 is 5.63 Å². The Morgan fingerprint density at radius 3 is 2.52 bits per heavy atom. The fourth-order valence-electron chi connectivity index (χ4n) is 1.89. The van der Waals surface area contributed by atoms with E-state index in [1.807, 2.05) is 6.07 Å². The van der Waals surface area contributed by atoms with Crippen molar-refractivity contribution in [2.24, 2.45) is 4.99 Å². The molecule has 6 heteroatoms. The molecule has 1 N–H and O–H groups in total. The minimum Gasteiger partial charge on any atom is -0.858 e. The van der Waals surface area contributed by atoms with Crippen molar-refractivity contribution in [3.63, 3.8) is 0 Å². The van der Waals surface area contributed by atoms with Crippen molar-refractivity contribution in [1.29, 1.82) is 0 Å². The lowest BCUT2D eigenvalue weighted by atomic mass is 10.2. The van der Waals surface area contributed by atoms with Gasteiger partial charge in [-0.05, 0) is 27.5 Å². The van der Waals surface area contributed by atoms with Crippen LogP contribution in [0.5, 0.6) is 0 Å². The van der Waals surface area contributed by atoms with Crippen molar-refractivity contribution in [3.05, 3.63) is 76.8 Å². The van der Waals surface area contributed by atoms with Gasteiger partial charge in [0.1, 0.15) is 5.69 Å². The van der Waals surface area contributed by atoms with Crippen LogP contribution in [0.15, 0.2) is 75.1 Å². The predicted octanol–water partition coefficient (Wildman–Crippen LogP) is 0.683. The second kappa shape index (κ2) is 5.46. The third-order valence-electron chi connectivity index (χ3n) is 2.86. The number of aromatic nitrogens is 2. The summed E-state index contributed by atoms with van der Waals surface area (Å²) in [5.41, 5.74) is 0.971. The number of hydrogen-bond donors (Lipinski definition) is 1. The Bertz CT molecular complexity index is 834. The van der Waals surface area contributed by atoms with Crippen molar-refractivity contribution < 1.29 is 14.3 Å². The van der Waals surface area contributed by atoms with Crippen LogP contribution in [0.4, 0.5) is 5.69 Å². The monoisotopic (exact) mass is 281 g/mol. The molecule has 0 bridgehead atoms. The van der Waals surface area contributed by atoms with Crippen molar-refractivity contribution >= 4 is 11.6 Å². The number of rotatable bonds is 3. The second-order valence-electron chi connectivity index (χ2n) is 4.28. The molecule has 0 spiro atoms. The molecular formula is C15H11N3O3. The van der Waals surface area contributed by atoms with Crippen LogP contribution >= 0.6 is 0 Å². The molecule has 0 fully saturated rings. The molecule has 0 atom stereocenters. The summed E-state index contributed by atoms with van der Waals surface area (Å²) in [6.45, 7) is 0.